The molecule has 148 valence electrons. The van der Waals surface area contributed by atoms with Crippen LogP contribution in [0.3, 0.4) is 0 Å². The van der Waals surface area contributed by atoms with Crippen LogP contribution in [0, 0.1) is 12.8 Å². The topological polar surface area (TPSA) is 64.0 Å². The van der Waals surface area contributed by atoms with Crippen molar-refractivity contribution in [3.05, 3.63) is 50.0 Å². The first-order valence-corrected chi connectivity index (χ1v) is 11.7. The Bertz CT molecular complexity index is 1060. The SMILES string of the molecule is Cc1cc(Br)ccc1NC(=O)CSc1nc2ccsc2c(=O)n1CCC(C)C. The van der Waals surface area contributed by atoms with Crippen LogP contribution in [0.5, 0.6) is 0 Å². The molecular formula is C20H22BrN3O2S2. The summed E-state index contributed by atoms with van der Waals surface area (Å²) in [5.74, 6) is 0.553. The van der Waals surface area contributed by atoms with Crippen molar-refractivity contribution in [2.75, 3.05) is 11.1 Å². The zero-order valence-electron chi connectivity index (χ0n) is 16.0. The van der Waals surface area contributed by atoms with E-state index in [1.807, 2.05) is 36.6 Å². The molecule has 1 aromatic carbocycles. The highest BCUT2D eigenvalue weighted by atomic mass is 79.9. The molecule has 0 fully saturated rings. The Kier molecular flexibility index (Phi) is 6.95. The van der Waals surface area contributed by atoms with E-state index in [0.717, 1.165) is 22.1 Å². The van der Waals surface area contributed by atoms with Crippen molar-refractivity contribution in [1.82, 2.24) is 9.55 Å². The van der Waals surface area contributed by atoms with Crippen LogP contribution in [-0.2, 0) is 11.3 Å². The summed E-state index contributed by atoms with van der Waals surface area (Å²) in [6.45, 7) is 6.81. The van der Waals surface area contributed by atoms with E-state index in [1.54, 1.807) is 4.57 Å². The molecule has 0 spiro atoms. The summed E-state index contributed by atoms with van der Waals surface area (Å²) >= 11 is 6.14. The third kappa shape index (κ3) is 5.04. The van der Waals surface area contributed by atoms with E-state index >= 15 is 0 Å². The second kappa shape index (κ2) is 9.24. The number of hydrogen-bond donors (Lipinski definition) is 1. The minimum Gasteiger partial charge on any atom is -0.325 e. The number of fused-ring (bicyclic) bond motifs is 1. The van der Waals surface area contributed by atoms with Crippen molar-refractivity contribution in [1.29, 1.82) is 0 Å². The molecule has 0 bridgehead atoms. The number of amides is 1. The van der Waals surface area contributed by atoms with Gasteiger partial charge in [-0.1, -0.05) is 41.5 Å². The van der Waals surface area contributed by atoms with Gasteiger partial charge in [0, 0.05) is 16.7 Å². The van der Waals surface area contributed by atoms with Crippen LogP contribution in [0.1, 0.15) is 25.8 Å². The first kappa shape index (κ1) is 21.1. The molecule has 2 aromatic heterocycles. The van der Waals surface area contributed by atoms with Gasteiger partial charge in [-0.05, 0) is 54.5 Å². The summed E-state index contributed by atoms with van der Waals surface area (Å²) in [6.07, 6.45) is 0.885. The van der Waals surface area contributed by atoms with Crippen molar-refractivity contribution >= 4 is 60.8 Å². The second-order valence-electron chi connectivity index (χ2n) is 6.96. The summed E-state index contributed by atoms with van der Waals surface area (Å²) in [5, 5.41) is 5.41. The van der Waals surface area contributed by atoms with Gasteiger partial charge in [0.2, 0.25) is 5.91 Å². The van der Waals surface area contributed by atoms with Gasteiger partial charge in [-0.15, -0.1) is 11.3 Å². The minimum atomic E-state index is -0.120. The smallest absolute Gasteiger partial charge is 0.272 e. The quantitative estimate of drug-likeness (QED) is 0.368. The molecule has 0 saturated heterocycles. The van der Waals surface area contributed by atoms with Crippen molar-refractivity contribution < 1.29 is 4.79 Å². The molecule has 0 atom stereocenters. The number of carbonyl (C=O) groups excluding carboxylic acids is 1. The number of nitrogens with zero attached hydrogens (tertiary/aromatic N) is 2. The van der Waals surface area contributed by atoms with Crippen LogP contribution in [0.4, 0.5) is 5.69 Å². The number of aromatic nitrogens is 2. The van der Waals surface area contributed by atoms with Gasteiger partial charge in [-0.2, -0.15) is 0 Å². The average molecular weight is 480 g/mol. The maximum atomic E-state index is 12.9. The van der Waals surface area contributed by atoms with Crippen LogP contribution in [0.25, 0.3) is 10.2 Å². The molecule has 0 unspecified atom stereocenters. The lowest BCUT2D eigenvalue weighted by atomic mass is 10.1. The zero-order valence-corrected chi connectivity index (χ0v) is 19.2. The standard InChI is InChI=1S/C20H22BrN3O2S2/c1-12(2)6-8-24-19(26)18-16(7-9-27-18)23-20(24)28-11-17(25)22-15-5-4-14(21)10-13(15)3/h4-5,7,9-10,12H,6,8,11H2,1-3H3,(H,22,25). The number of benzene rings is 1. The van der Waals surface area contributed by atoms with Crippen LogP contribution >= 0.6 is 39.0 Å². The normalized spacial score (nSPS) is 11.3. The number of thioether (sulfide) groups is 1. The van der Waals surface area contributed by atoms with E-state index in [1.165, 1.54) is 23.1 Å². The number of rotatable bonds is 7. The average Bonchev–Trinajstić information content (AvgIpc) is 3.10. The fourth-order valence-corrected chi connectivity index (χ4v) is 4.78. The molecule has 0 saturated carbocycles. The van der Waals surface area contributed by atoms with E-state index in [-0.39, 0.29) is 17.2 Å². The Labute approximate surface area is 180 Å². The Morgan fingerprint density at radius 1 is 1.36 bits per heavy atom. The van der Waals surface area contributed by atoms with Gasteiger partial charge in [0.25, 0.3) is 5.56 Å². The third-order valence-electron chi connectivity index (χ3n) is 4.26. The molecule has 28 heavy (non-hydrogen) atoms. The molecule has 0 aliphatic heterocycles. The Morgan fingerprint density at radius 3 is 2.86 bits per heavy atom. The van der Waals surface area contributed by atoms with Crippen molar-refractivity contribution in [3.63, 3.8) is 0 Å². The lowest BCUT2D eigenvalue weighted by molar-refractivity contribution is -0.113. The molecule has 5 nitrogen and oxygen atoms in total. The molecule has 3 aromatic rings. The van der Waals surface area contributed by atoms with Gasteiger partial charge >= 0.3 is 0 Å². The summed E-state index contributed by atoms with van der Waals surface area (Å²) in [5.41, 5.74) is 2.45. The van der Waals surface area contributed by atoms with Crippen LogP contribution in [0.2, 0.25) is 0 Å². The summed E-state index contributed by atoms with van der Waals surface area (Å²) in [4.78, 5) is 29.9. The van der Waals surface area contributed by atoms with E-state index < -0.39 is 0 Å². The molecule has 0 radical (unpaired) electrons. The number of anilines is 1. The predicted octanol–water partition coefficient (Wildman–Crippen LogP) is 5.31. The lowest BCUT2D eigenvalue weighted by Crippen LogP contribution is -2.24. The van der Waals surface area contributed by atoms with E-state index in [2.05, 4.69) is 40.1 Å². The molecule has 0 aliphatic rings. The van der Waals surface area contributed by atoms with Gasteiger partial charge in [-0.3, -0.25) is 14.2 Å². The largest absolute Gasteiger partial charge is 0.325 e. The number of aryl methyl sites for hydroxylation is 1. The van der Waals surface area contributed by atoms with Gasteiger partial charge in [-0.25, -0.2) is 4.98 Å². The molecule has 8 heteroatoms. The number of nitrogens with one attached hydrogen (secondary N) is 1. The van der Waals surface area contributed by atoms with Crippen LogP contribution in [-0.4, -0.2) is 21.2 Å². The number of carbonyl (C=O) groups is 1. The van der Waals surface area contributed by atoms with Gasteiger partial charge in [0.15, 0.2) is 5.16 Å². The number of hydrogen-bond acceptors (Lipinski definition) is 5. The van der Waals surface area contributed by atoms with E-state index in [9.17, 15) is 9.59 Å². The van der Waals surface area contributed by atoms with Crippen molar-refractivity contribution in [2.24, 2.45) is 5.92 Å². The minimum absolute atomic E-state index is 0.0210. The summed E-state index contributed by atoms with van der Waals surface area (Å²) in [7, 11) is 0. The molecule has 1 amide bonds. The molecule has 3 rings (SSSR count). The highest BCUT2D eigenvalue weighted by Crippen LogP contribution is 2.23. The highest BCUT2D eigenvalue weighted by Gasteiger charge is 2.15. The van der Waals surface area contributed by atoms with Gasteiger partial charge in [0.05, 0.1) is 11.3 Å². The summed E-state index contributed by atoms with van der Waals surface area (Å²) < 4.78 is 3.35. The fourth-order valence-electron chi connectivity index (χ4n) is 2.70. The molecule has 2 heterocycles. The highest BCUT2D eigenvalue weighted by molar-refractivity contribution is 9.10. The Balaban J connectivity index is 1.77. The van der Waals surface area contributed by atoms with Crippen molar-refractivity contribution in [3.8, 4) is 0 Å². The fraction of sp³-hybridized carbons (Fsp3) is 0.350. The second-order valence-corrected chi connectivity index (χ2v) is 9.74. The zero-order chi connectivity index (χ0) is 20.3. The lowest BCUT2D eigenvalue weighted by Gasteiger charge is -2.13. The predicted molar refractivity (Wildman–Crippen MR) is 122 cm³/mol. The van der Waals surface area contributed by atoms with Crippen LogP contribution < -0.4 is 10.9 Å². The first-order valence-electron chi connectivity index (χ1n) is 9.02. The number of thiophene rings is 1. The molecular weight excluding hydrogens is 458 g/mol. The van der Waals surface area contributed by atoms with Gasteiger partial charge < -0.3 is 5.32 Å². The summed E-state index contributed by atoms with van der Waals surface area (Å²) in [6, 6.07) is 7.57. The maximum absolute atomic E-state index is 12.9. The monoisotopic (exact) mass is 479 g/mol. The first-order chi connectivity index (χ1) is 13.3. The Morgan fingerprint density at radius 2 is 2.14 bits per heavy atom. The van der Waals surface area contributed by atoms with Gasteiger partial charge in [0.1, 0.15) is 4.70 Å². The Hall–Kier alpha value is -1.64. The third-order valence-corrected chi connectivity index (χ3v) is 6.62. The molecule has 0 aliphatic carbocycles. The maximum Gasteiger partial charge on any atom is 0.272 e. The van der Waals surface area contributed by atoms with E-state index in [0.29, 0.717) is 27.8 Å². The number of halogens is 1. The molecule has 1 N–H and O–H groups in total. The van der Waals surface area contributed by atoms with Crippen LogP contribution in [0.15, 0.2) is 44.1 Å². The van der Waals surface area contributed by atoms with E-state index in [4.69, 9.17) is 0 Å². The van der Waals surface area contributed by atoms with Crippen molar-refractivity contribution in [2.45, 2.75) is 38.9 Å².